The molecule has 0 bridgehead atoms. The maximum absolute atomic E-state index is 12.9. The Hall–Kier alpha value is -1.75. The van der Waals surface area contributed by atoms with Gasteiger partial charge in [-0.15, -0.1) is 11.3 Å². The third kappa shape index (κ3) is 2.25. The van der Waals surface area contributed by atoms with Crippen molar-refractivity contribution in [2.45, 2.75) is 25.3 Å². The molecular weight excluding hydrogens is 287 g/mol. The number of fused-ring (bicyclic) bond motifs is 1. The van der Waals surface area contributed by atoms with Crippen molar-refractivity contribution in [1.82, 2.24) is 9.88 Å². The van der Waals surface area contributed by atoms with Gasteiger partial charge in [0.15, 0.2) is 0 Å². The van der Waals surface area contributed by atoms with Gasteiger partial charge in [0.05, 0.1) is 11.6 Å². The number of carbonyl (C=O) groups excluding carboxylic acids is 1. The van der Waals surface area contributed by atoms with E-state index in [1.807, 2.05) is 4.90 Å². The number of carbonyl (C=O) groups is 1. The van der Waals surface area contributed by atoms with E-state index in [2.05, 4.69) is 16.4 Å². The number of aromatic nitrogens is 1. The lowest BCUT2D eigenvalue weighted by molar-refractivity contribution is 0.0636. The summed E-state index contributed by atoms with van der Waals surface area (Å²) in [5.74, 6) is -0.00341. The number of thiophene rings is 1. The minimum atomic E-state index is -0.552. The van der Waals surface area contributed by atoms with Gasteiger partial charge in [-0.1, -0.05) is 0 Å². The smallest absolute Gasteiger partial charge is 0.255 e. The number of hydrogen-bond acceptors (Lipinski definition) is 3. The summed E-state index contributed by atoms with van der Waals surface area (Å²) in [4.78, 5) is 19.7. The Morgan fingerprint density at radius 1 is 1.33 bits per heavy atom. The van der Waals surface area contributed by atoms with Gasteiger partial charge in [-0.3, -0.25) is 4.79 Å². The molecule has 1 amide bonds. The van der Waals surface area contributed by atoms with Crippen LogP contribution >= 0.6 is 11.3 Å². The largest absolute Gasteiger partial charge is 0.331 e. The highest BCUT2D eigenvalue weighted by Gasteiger charge is 2.42. The Labute approximate surface area is 126 Å². The lowest BCUT2D eigenvalue weighted by atomic mass is 9.95. The van der Waals surface area contributed by atoms with E-state index in [4.69, 9.17) is 0 Å². The summed E-state index contributed by atoms with van der Waals surface area (Å²) in [6.45, 7) is 0.741. The molecule has 2 aliphatic rings. The molecule has 1 aliphatic carbocycles. The topological polar surface area (TPSA) is 33.2 Å². The van der Waals surface area contributed by atoms with Crippen molar-refractivity contribution in [2.75, 3.05) is 6.54 Å². The minimum absolute atomic E-state index is 0.0312. The standard InChI is InChI=1S/C16H15FN2OS/c17-14-4-3-11(9-18-14)16(20)19-7-5-13-12(6-8-21-13)15(19)10-1-2-10/h3-4,6,8-10,15H,1-2,5,7H2. The van der Waals surface area contributed by atoms with E-state index in [0.29, 0.717) is 11.5 Å². The Morgan fingerprint density at radius 3 is 2.90 bits per heavy atom. The summed E-state index contributed by atoms with van der Waals surface area (Å²) in [5, 5.41) is 2.12. The Kier molecular flexibility index (Phi) is 3.03. The number of rotatable bonds is 2. The zero-order valence-electron chi connectivity index (χ0n) is 11.5. The van der Waals surface area contributed by atoms with Crippen LogP contribution in [0.1, 0.15) is 39.7 Å². The molecule has 3 heterocycles. The molecule has 1 fully saturated rings. The molecule has 108 valence electrons. The fourth-order valence-corrected chi connectivity index (χ4v) is 4.08. The van der Waals surface area contributed by atoms with Crippen molar-refractivity contribution in [1.29, 1.82) is 0 Å². The number of amides is 1. The van der Waals surface area contributed by atoms with Crippen LogP contribution in [0.15, 0.2) is 29.8 Å². The molecule has 5 heteroatoms. The maximum Gasteiger partial charge on any atom is 0.255 e. The van der Waals surface area contributed by atoms with Gasteiger partial charge >= 0.3 is 0 Å². The van der Waals surface area contributed by atoms with Crippen molar-refractivity contribution < 1.29 is 9.18 Å². The van der Waals surface area contributed by atoms with Gasteiger partial charge < -0.3 is 4.90 Å². The number of halogens is 1. The van der Waals surface area contributed by atoms with Gasteiger partial charge in [-0.2, -0.15) is 4.39 Å². The van der Waals surface area contributed by atoms with E-state index < -0.39 is 5.95 Å². The fraction of sp³-hybridized carbons (Fsp3) is 0.375. The summed E-state index contributed by atoms with van der Waals surface area (Å²) in [6, 6.07) is 5.13. The second-order valence-corrected chi connectivity index (χ2v) is 6.70. The lowest BCUT2D eigenvalue weighted by Crippen LogP contribution is -2.40. The minimum Gasteiger partial charge on any atom is -0.331 e. The third-order valence-corrected chi connectivity index (χ3v) is 5.31. The van der Waals surface area contributed by atoms with Crippen LogP contribution in [0, 0.1) is 11.9 Å². The van der Waals surface area contributed by atoms with Crippen molar-refractivity contribution in [3.63, 3.8) is 0 Å². The molecule has 1 saturated carbocycles. The number of pyridine rings is 1. The Balaban J connectivity index is 1.67. The third-order valence-electron chi connectivity index (χ3n) is 4.32. The predicted molar refractivity (Wildman–Crippen MR) is 78.7 cm³/mol. The van der Waals surface area contributed by atoms with Crippen molar-refractivity contribution in [2.24, 2.45) is 5.92 Å². The highest BCUT2D eigenvalue weighted by Crippen LogP contribution is 2.48. The second kappa shape index (κ2) is 4.91. The molecule has 2 aromatic rings. The zero-order valence-corrected chi connectivity index (χ0v) is 12.3. The van der Waals surface area contributed by atoms with Crippen LogP contribution in [0.4, 0.5) is 4.39 Å². The van der Waals surface area contributed by atoms with E-state index in [9.17, 15) is 9.18 Å². The maximum atomic E-state index is 12.9. The average molecular weight is 302 g/mol. The Bertz CT molecular complexity index is 678. The summed E-state index contributed by atoms with van der Waals surface area (Å²) >= 11 is 1.79. The summed E-state index contributed by atoms with van der Waals surface area (Å²) in [7, 11) is 0. The van der Waals surface area contributed by atoms with Gasteiger partial charge in [0.2, 0.25) is 5.95 Å². The molecule has 4 rings (SSSR count). The van der Waals surface area contributed by atoms with Crippen LogP contribution < -0.4 is 0 Å². The molecule has 2 aromatic heterocycles. The number of hydrogen-bond donors (Lipinski definition) is 0. The number of nitrogens with zero attached hydrogens (tertiary/aromatic N) is 2. The molecule has 3 nitrogen and oxygen atoms in total. The summed E-state index contributed by atoms with van der Waals surface area (Å²) in [5.41, 5.74) is 1.79. The fourth-order valence-electron chi connectivity index (χ4n) is 3.16. The molecular formula is C16H15FN2OS. The highest BCUT2D eigenvalue weighted by molar-refractivity contribution is 7.10. The van der Waals surface area contributed by atoms with Crippen LogP contribution in [0.2, 0.25) is 0 Å². The van der Waals surface area contributed by atoms with E-state index in [1.54, 1.807) is 11.3 Å². The van der Waals surface area contributed by atoms with Crippen LogP contribution in [0.3, 0.4) is 0 Å². The molecule has 0 N–H and O–H groups in total. The van der Waals surface area contributed by atoms with E-state index >= 15 is 0 Å². The van der Waals surface area contributed by atoms with Crippen LogP contribution in [0.25, 0.3) is 0 Å². The molecule has 21 heavy (non-hydrogen) atoms. The van der Waals surface area contributed by atoms with Crippen LogP contribution in [-0.4, -0.2) is 22.3 Å². The molecule has 1 unspecified atom stereocenters. The first kappa shape index (κ1) is 13.0. The van der Waals surface area contributed by atoms with Gasteiger partial charge in [0, 0.05) is 17.6 Å². The SMILES string of the molecule is O=C(c1ccc(F)nc1)N1CCc2sccc2C1C1CC1. The first-order chi connectivity index (χ1) is 10.2. The zero-order chi connectivity index (χ0) is 14.4. The molecule has 0 aromatic carbocycles. The van der Waals surface area contributed by atoms with E-state index in [-0.39, 0.29) is 11.9 Å². The highest BCUT2D eigenvalue weighted by atomic mass is 32.1. The monoisotopic (exact) mass is 302 g/mol. The second-order valence-electron chi connectivity index (χ2n) is 5.70. The summed E-state index contributed by atoms with van der Waals surface area (Å²) in [6.07, 6.45) is 4.62. The van der Waals surface area contributed by atoms with Crippen LogP contribution in [0.5, 0.6) is 0 Å². The van der Waals surface area contributed by atoms with Gasteiger partial charge in [-0.05, 0) is 54.3 Å². The van der Waals surface area contributed by atoms with Crippen LogP contribution in [-0.2, 0) is 6.42 Å². The van der Waals surface area contributed by atoms with Crippen molar-refractivity contribution in [3.8, 4) is 0 Å². The molecule has 0 radical (unpaired) electrons. The van der Waals surface area contributed by atoms with E-state index in [1.165, 1.54) is 41.6 Å². The first-order valence-corrected chi connectivity index (χ1v) is 8.11. The normalized spacial score (nSPS) is 21.2. The quantitative estimate of drug-likeness (QED) is 0.796. The van der Waals surface area contributed by atoms with Gasteiger partial charge in [-0.25, -0.2) is 4.98 Å². The predicted octanol–water partition coefficient (Wildman–Crippen LogP) is 3.43. The molecule has 0 saturated heterocycles. The first-order valence-electron chi connectivity index (χ1n) is 7.23. The average Bonchev–Trinajstić information content (AvgIpc) is 3.22. The van der Waals surface area contributed by atoms with Gasteiger partial charge in [0.1, 0.15) is 0 Å². The van der Waals surface area contributed by atoms with Gasteiger partial charge in [0.25, 0.3) is 5.91 Å². The lowest BCUT2D eigenvalue weighted by Gasteiger charge is -2.36. The molecule has 0 spiro atoms. The molecule has 1 atom stereocenters. The van der Waals surface area contributed by atoms with Crippen molar-refractivity contribution >= 4 is 17.2 Å². The van der Waals surface area contributed by atoms with Crippen molar-refractivity contribution in [3.05, 3.63) is 51.7 Å². The Morgan fingerprint density at radius 2 is 2.19 bits per heavy atom. The molecule has 1 aliphatic heterocycles. The van der Waals surface area contributed by atoms with E-state index in [0.717, 1.165) is 13.0 Å². The summed E-state index contributed by atoms with van der Waals surface area (Å²) < 4.78 is 12.9.